The third-order valence-corrected chi connectivity index (χ3v) is 5.58. The molecule has 3 N–H and O–H groups in total. The maximum Gasteiger partial charge on any atom is 0.327 e. The number of imide groups is 1. The second kappa shape index (κ2) is 7.58. The second-order valence-electron chi connectivity index (χ2n) is 7.72. The number of benzene rings is 2. The largest absolute Gasteiger partial charge is 0.396 e. The average molecular weight is 392 g/mol. The topological polar surface area (TPSA) is 95.7 Å². The molecule has 2 aliphatic rings. The summed E-state index contributed by atoms with van der Waals surface area (Å²) in [4.78, 5) is 38.1. The summed E-state index contributed by atoms with van der Waals surface area (Å²) in [7, 11) is 1.49. The lowest BCUT2D eigenvalue weighted by atomic mass is 9.97. The number of nitrogens with zero attached hydrogens (tertiary/aromatic N) is 2. The zero-order chi connectivity index (χ0) is 20.5. The number of anilines is 2. The lowest BCUT2D eigenvalue weighted by Crippen LogP contribution is -2.29. The quantitative estimate of drug-likeness (QED) is 0.429. The van der Waals surface area contributed by atoms with Gasteiger partial charge in [-0.05, 0) is 41.5 Å². The predicted molar refractivity (Wildman–Crippen MR) is 111 cm³/mol. The molecule has 7 nitrogen and oxygen atoms in total. The standard InChI is InChI=1S/C22H24N4O3/c1-25-20(28)12-26(22(25)29)11-15-4-6-16(7-5-15)17-8-9-19(21(23)18(17)13-27)24-10-14-2-3-14/h4-9,13-14,24H,2-3,10-12,23H2,1H3. The number of nitrogens with two attached hydrogens (primary N) is 1. The van der Waals surface area contributed by atoms with Gasteiger partial charge < -0.3 is 16.0 Å². The Morgan fingerprint density at radius 3 is 2.45 bits per heavy atom. The van der Waals surface area contributed by atoms with Crippen molar-refractivity contribution in [3.63, 3.8) is 0 Å². The summed E-state index contributed by atoms with van der Waals surface area (Å²) in [6.45, 7) is 1.34. The van der Waals surface area contributed by atoms with Gasteiger partial charge in [-0.1, -0.05) is 30.3 Å². The molecule has 1 aliphatic carbocycles. The Labute approximate surface area is 169 Å². The van der Waals surface area contributed by atoms with Gasteiger partial charge in [-0.15, -0.1) is 0 Å². The van der Waals surface area contributed by atoms with E-state index in [9.17, 15) is 14.4 Å². The van der Waals surface area contributed by atoms with Crippen molar-refractivity contribution in [3.05, 3.63) is 47.5 Å². The van der Waals surface area contributed by atoms with Crippen LogP contribution in [0.4, 0.5) is 16.2 Å². The van der Waals surface area contributed by atoms with Crippen LogP contribution in [0.1, 0.15) is 28.8 Å². The molecule has 0 spiro atoms. The van der Waals surface area contributed by atoms with Crippen LogP contribution in [0, 0.1) is 5.92 Å². The third kappa shape index (κ3) is 3.81. The lowest BCUT2D eigenvalue weighted by Gasteiger charge is -2.16. The normalized spacial score (nSPS) is 16.4. The second-order valence-corrected chi connectivity index (χ2v) is 7.72. The van der Waals surface area contributed by atoms with Gasteiger partial charge in [0.2, 0.25) is 5.91 Å². The number of carbonyl (C=O) groups is 3. The van der Waals surface area contributed by atoms with E-state index in [1.165, 1.54) is 24.8 Å². The van der Waals surface area contributed by atoms with Crippen LogP contribution in [0.3, 0.4) is 0 Å². The van der Waals surface area contributed by atoms with E-state index < -0.39 is 0 Å². The van der Waals surface area contributed by atoms with Crippen molar-refractivity contribution in [1.82, 2.24) is 9.80 Å². The molecule has 7 heteroatoms. The highest BCUT2D eigenvalue weighted by Crippen LogP contribution is 2.34. The zero-order valence-electron chi connectivity index (χ0n) is 16.4. The van der Waals surface area contributed by atoms with Gasteiger partial charge in [0.15, 0.2) is 6.29 Å². The molecule has 4 rings (SSSR count). The van der Waals surface area contributed by atoms with E-state index in [2.05, 4.69) is 5.32 Å². The molecule has 1 aliphatic heterocycles. The highest BCUT2D eigenvalue weighted by atomic mass is 16.2. The van der Waals surface area contributed by atoms with Crippen LogP contribution in [-0.2, 0) is 11.3 Å². The summed E-state index contributed by atoms with van der Waals surface area (Å²) >= 11 is 0. The first-order valence-corrected chi connectivity index (χ1v) is 9.74. The summed E-state index contributed by atoms with van der Waals surface area (Å²) in [6.07, 6.45) is 3.28. The molecule has 0 radical (unpaired) electrons. The van der Waals surface area contributed by atoms with E-state index >= 15 is 0 Å². The van der Waals surface area contributed by atoms with Crippen LogP contribution in [-0.4, -0.2) is 48.2 Å². The van der Waals surface area contributed by atoms with Crippen LogP contribution in [0.2, 0.25) is 0 Å². The number of amides is 3. The fourth-order valence-corrected chi connectivity index (χ4v) is 3.53. The predicted octanol–water partition coefficient (Wildman–Crippen LogP) is 2.96. The van der Waals surface area contributed by atoms with Crippen LogP contribution in [0.25, 0.3) is 11.1 Å². The van der Waals surface area contributed by atoms with E-state index in [0.29, 0.717) is 23.7 Å². The first-order chi connectivity index (χ1) is 14.0. The molecule has 0 unspecified atom stereocenters. The molecule has 150 valence electrons. The Hall–Kier alpha value is -3.35. The van der Waals surface area contributed by atoms with Crippen molar-refractivity contribution in [2.45, 2.75) is 19.4 Å². The fourth-order valence-electron chi connectivity index (χ4n) is 3.53. The van der Waals surface area contributed by atoms with E-state index in [-0.39, 0.29) is 18.5 Å². The van der Waals surface area contributed by atoms with Gasteiger partial charge in [0.25, 0.3) is 0 Å². The summed E-state index contributed by atoms with van der Waals surface area (Å²) in [5.41, 5.74) is 10.5. The molecule has 3 amide bonds. The van der Waals surface area contributed by atoms with Gasteiger partial charge in [0.05, 0.1) is 11.4 Å². The number of aldehydes is 1. The molecule has 1 saturated carbocycles. The molecule has 0 atom stereocenters. The summed E-state index contributed by atoms with van der Waals surface area (Å²) in [5.74, 6) is 0.506. The van der Waals surface area contributed by atoms with E-state index in [4.69, 9.17) is 5.73 Å². The molecular formula is C22H24N4O3. The van der Waals surface area contributed by atoms with E-state index in [0.717, 1.165) is 40.1 Å². The zero-order valence-corrected chi connectivity index (χ0v) is 16.4. The van der Waals surface area contributed by atoms with Crippen molar-refractivity contribution in [2.75, 3.05) is 31.2 Å². The first-order valence-electron chi connectivity index (χ1n) is 9.74. The van der Waals surface area contributed by atoms with Crippen molar-refractivity contribution < 1.29 is 14.4 Å². The Balaban J connectivity index is 1.52. The Kier molecular flexibility index (Phi) is 4.96. The first kappa shape index (κ1) is 19.0. The molecule has 1 saturated heterocycles. The monoisotopic (exact) mass is 392 g/mol. The number of rotatable bonds is 7. The molecule has 1 heterocycles. The SMILES string of the molecule is CN1C(=O)CN(Cc2ccc(-c3ccc(NCC4CC4)c(N)c3C=O)cc2)C1=O. The van der Waals surface area contributed by atoms with Crippen LogP contribution < -0.4 is 11.1 Å². The number of nitrogens with one attached hydrogen (secondary N) is 1. The molecule has 0 aromatic heterocycles. The number of hydrogen-bond acceptors (Lipinski definition) is 5. The number of carbonyl (C=O) groups excluding carboxylic acids is 3. The summed E-state index contributed by atoms with van der Waals surface area (Å²) in [5, 5.41) is 3.34. The molecule has 2 fully saturated rings. The van der Waals surface area contributed by atoms with Gasteiger partial charge in [-0.25, -0.2) is 4.79 Å². The number of hydrogen-bond donors (Lipinski definition) is 2. The maximum atomic E-state index is 12.0. The van der Waals surface area contributed by atoms with Crippen molar-refractivity contribution in [2.24, 2.45) is 5.92 Å². The minimum Gasteiger partial charge on any atom is -0.396 e. The minimum atomic E-state index is -0.288. The summed E-state index contributed by atoms with van der Waals surface area (Å²) < 4.78 is 0. The van der Waals surface area contributed by atoms with Crippen molar-refractivity contribution in [1.29, 1.82) is 0 Å². The number of urea groups is 1. The smallest absolute Gasteiger partial charge is 0.327 e. The fraction of sp³-hybridized carbons (Fsp3) is 0.318. The van der Waals surface area contributed by atoms with Crippen LogP contribution in [0.15, 0.2) is 36.4 Å². The molecular weight excluding hydrogens is 368 g/mol. The molecule has 2 aromatic rings. The number of nitrogen functional groups attached to an aromatic ring is 1. The third-order valence-electron chi connectivity index (χ3n) is 5.58. The molecule has 2 aromatic carbocycles. The Bertz CT molecular complexity index is 967. The van der Waals surface area contributed by atoms with Gasteiger partial charge in [0.1, 0.15) is 6.54 Å². The highest BCUT2D eigenvalue weighted by molar-refractivity contribution is 6.01. The van der Waals surface area contributed by atoms with Gasteiger partial charge in [0, 0.05) is 25.7 Å². The van der Waals surface area contributed by atoms with Crippen molar-refractivity contribution >= 4 is 29.6 Å². The van der Waals surface area contributed by atoms with E-state index in [1.807, 2.05) is 36.4 Å². The molecule has 29 heavy (non-hydrogen) atoms. The van der Waals surface area contributed by atoms with Crippen LogP contribution >= 0.6 is 0 Å². The highest BCUT2D eigenvalue weighted by Gasteiger charge is 2.32. The van der Waals surface area contributed by atoms with Gasteiger partial charge in [-0.2, -0.15) is 0 Å². The maximum absolute atomic E-state index is 12.0. The average Bonchev–Trinajstić information content (AvgIpc) is 3.52. The van der Waals surface area contributed by atoms with Crippen molar-refractivity contribution in [3.8, 4) is 11.1 Å². The minimum absolute atomic E-state index is 0.0955. The summed E-state index contributed by atoms with van der Waals surface area (Å²) in [6, 6.07) is 11.1. The Morgan fingerprint density at radius 2 is 1.86 bits per heavy atom. The van der Waals surface area contributed by atoms with Crippen LogP contribution in [0.5, 0.6) is 0 Å². The number of likely N-dealkylation sites (N-methyl/N-ethyl adjacent to an activating group) is 1. The van der Waals surface area contributed by atoms with Gasteiger partial charge >= 0.3 is 6.03 Å². The molecule has 0 bridgehead atoms. The van der Waals surface area contributed by atoms with E-state index in [1.54, 1.807) is 0 Å². The lowest BCUT2D eigenvalue weighted by molar-refractivity contribution is -0.124. The Morgan fingerprint density at radius 1 is 1.14 bits per heavy atom. The van der Waals surface area contributed by atoms with Gasteiger partial charge in [-0.3, -0.25) is 14.5 Å².